The van der Waals surface area contributed by atoms with Crippen LogP contribution < -0.4 is 10.1 Å². The predicted octanol–water partition coefficient (Wildman–Crippen LogP) is 4.36. The Morgan fingerprint density at radius 3 is 2.52 bits per heavy atom. The van der Waals surface area contributed by atoms with Crippen LogP contribution in [0.25, 0.3) is 0 Å². The SMILES string of the molecule is O=C(Nc1ccc(Oc2ccc(Cl)cc2O)c(Cl)c1)N1CCOCC1. The van der Waals surface area contributed by atoms with Crippen molar-refractivity contribution in [1.82, 2.24) is 4.90 Å². The van der Waals surface area contributed by atoms with Crippen LogP contribution in [0.1, 0.15) is 0 Å². The summed E-state index contributed by atoms with van der Waals surface area (Å²) in [5.74, 6) is 0.494. The van der Waals surface area contributed by atoms with Gasteiger partial charge in [0.25, 0.3) is 0 Å². The summed E-state index contributed by atoms with van der Waals surface area (Å²) in [5, 5.41) is 13.3. The molecule has 2 amide bonds. The molecule has 25 heavy (non-hydrogen) atoms. The monoisotopic (exact) mass is 382 g/mol. The molecule has 0 atom stereocenters. The lowest BCUT2D eigenvalue weighted by Gasteiger charge is -2.27. The van der Waals surface area contributed by atoms with E-state index >= 15 is 0 Å². The Balaban J connectivity index is 1.69. The first-order valence-corrected chi connectivity index (χ1v) is 8.38. The van der Waals surface area contributed by atoms with E-state index in [0.717, 1.165) is 0 Å². The molecule has 0 spiro atoms. The summed E-state index contributed by atoms with van der Waals surface area (Å²) in [6.07, 6.45) is 0. The second-order valence-electron chi connectivity index (χ2n) is 5.39. The number of halogens is 2. The molecule has 2 aromatic carbocycles. The molecule has 1 heterocycles. The lowest BCUT2D eigenvalue weighted by atomic mass is 10.3. The topological polar surface area (TPSA) is 71.0 Å². The second kappa shape index (κ2) is 7.82. The molecule has 0 radical (unpaired) electrons. The van der Waals surface area contributed by atoms with Crippen molar-refractivity contribution < 1.29 is 19.4 Å². The summed E-state index contributed by atoms with van der Waals surface area (Å²) >= 11 is 12.0. The molecule has 2 N–H and O–H groups in total. The molecule has 1 aliphatic rings. The summed E-state index contributed by atoms with van der Waals surface area (Å²) in [6, 6.07) is 9.19. The number of hydrogen-bond donors (Lipinski definition) is 2. The zero-order valence-electron chi connectivity index (χ0n) is 13.2. The van der Waals surface area contributed by atoms with E-state index in [1.165, 1.54) is 6.07 Å². The van der Waals surface area contributed by atoms with Gasteiger partial charge in [-0.05, 0) is 30.3 Å². The van der Waals surface area contributed by atoms with Gasteiger partial charge < -0.3 is 24.8 Å². The van der Waals surface area contributed by atoms with E-state index in [1.807, 2.05) is 0 Å². The number of phenolic OH excluding ortho intramolecular Hbond substituents is 1. The van der Waals surface area contributed by atoms with E-state index in [-0.39, 0.29) is 17.5 Å². The van der Waals surface area contributed by atoms with Crippen LogP contribution in [0.5, 0.6) is 17.2 Å². The van der Waals surface area contributed by atoms with Crippen LogP contribution in [0.15, 0.2) is 36.4 Å². The smallest absolute Gasteiger partial charge is 0.322 e. The third-order valence-electron chi connectivity index (χ3n) is 3.62. The van der Waals surface area contributed by atoms with Crippen LogP contribution in [-0.2, 0) is 4.74 Å². The number of morpholine rings is 1. The Morgan fingerprint density at radius 2 is 1.84 bits per heavy atom. The van der Waals surface area contributed by atoms with E-state index in [0.29, 0.717) is 47.8 Å². The first-order chi connectivity index (χ1) is 12.0. The molecule has 0 unspecified atom stereocenters. The van der Waals surface area contributed by atoms with Crippen molar-refractivity contribution in [2.75, 3.05) is 31.6 Å². The number of urea groups is 1. The quantitative estimate of drug-likeness (QED) is 0.827. The maximum atomic E-state index is 12.2. The van der Waals surface area contributed by atoms with Crippen molar-refractivity contribution in [3.05, 3.63) is 46.4 Å². The van der Waals surface area contributed by atoms with Crippen LogP contribution in [0.3, 0.4) is 0 Å². The van der Waals surface area contributed by atoms with E-state index in [2.05, 4.69) is 5.32 Å². The van der Waals surface area contributed by atoms with Crippen LogP contribution in [0.4, 0.5) is 10.5 Å². The lowest BCUT2D eigenvalue weighted by Crippen LogP contribution is -2.43. The molecule has 0 saturated carbocycles. The number of amides is 2. The highest BCUT2D eigenvalue weighted by molar-refractivity contribution is 6.32. The van der Waals surface area contributed by atoms with Crippen molar-refractivity contribution in [1.29, 1.82) is 0 Å². The fraction of sp³-hybridized carbons (Fsp3) is 0.235. The van der Waals surface area contributed by atoms with Gasteiger partial charge >= 0.3 is 6.03 Å². The van der Waals surface area contributed by atoms with Crippen molar-refractivity contribution in [3.63, 3.8) is 0 Å². The molecular weight excluding hydrogens is 367 g/mol. The van der Waals surface area contributed by atoms with Crippen molar-refractivity contribution in [2.24, 2.45) is 0 Å². The highest BCUT2D eigenvalue weighted by atomic mass is 35.5. The summed E-state index contributed by atoms with van der Waals surface area (Å²) in [5.41, 5.74) is 0.550. The highest BCUT2D eigenvalue weighted by Gasteiger charge is 2.17. The predicted molar refractivity (Wildman–Crippen MR) is 96.1 cm³/mol. The average molecular weight is 383 g/mol. The van der Waals surface area contributed by atoms with Gasteiger partial charge in [-0.15, -0.1) is 0 Å². The molecular formula is C17H16Cl2N2O4. The van der Waals surface area contributed by atoms with Crippen LogP contribution in [0.2, 0.25) is 10.0 Å². The van der Waals surface area contributed by atoms with Crippen molar-refractivity contribution in [3.8, 4) is 17.2 Å². The number of carbonyl (C=O) groups is 1. The van der Waals surface area contributed by atoms with Crippen molar-refractivity contribution in [2.45, 2.75) is 0 Å². The minimum absolute atomic E-state index is 0.0896. The number of nitrogens with zero attached hydrogens (tertiary/aromatic N) is 1. The Labute approximate surface area is 154 Å². The van der Waals surface area contributed by atoms with Gasteiger partial charge in [0, 0.05) is 29.9 Å². The van der Waals surface area contributed by atoms with Crippen LogP contribution in [-0.4, -0.2) is 42.3 Å². The average Bonchev–Trinajstić information content (AvgIpc) is 2.60. The molecule has 8 heteroatoms. The van der Waals surface area contributed by atoms with E-state index < -0.39 is 0 Å². The summed E-state index contributed by atoms with van der Waals surface area (Å²) in [4.78, 5) is 13.8. The normalized spacial score (nSPS) is 14.2. The Hall–Kier alpha value is -2.15. The van der Waals surface area contributed by atoms with Gasteiger partial charge in [-0.25, -0.2) is 4.79 Å². The zero-order valence-corrected chi connectivity index (χ0v) is 14.7. The number of anilines is 1. The Bertz CT molecular complexity index is 779. The minimum Gasteiger partial charge on any atom is -0.504 e. The number of hydrogen-bond acceptors (Lipinski definition) is 4. The fourth-order valence-electron chi connectivity index (χ4n) is 2.33. The van der Waals surface area contributed by atoms with Gasteiger partial charge in [0.1, 0.15) is 5.75 Å². The number of ether oxygens (including phenoxy) is 2. The first kappa shape index (κ1) is 17.7. The highest BCUT2D eigenvalue weighted by Crippen LogP contribution is 2.36. The van der Waals surface area contributed by atoms with Gasteiger partial charge in [-0.3, -0.25) is 0 Å². The third-order valence-corrected chi connectivity index (χ3v) is 4.15. The summed E-state index contributed by atoms with van der Waals surface area (Å²) in [7, 11) is 0. The molecule has 1 aliphatic heterocycles. The molecule has 0 aliphatic carbocycles. The molecule has 1 saturated heterocycles. The lowest BCUT2D eigenvalue weighted by molar-refractivity contribution is 0.0564. The van der Waals surface area contributed by atoms with E-state index in [4.69, 9.17) is 32.7 Å². The molecule has 3 rings (SSSR count). The minimum atomic E-state index is -0.205. The largest absolute Gasteiger partial charge is 0.504 e. The van der Waals surface area contributed by atoms with Gasteiger partial charge in [0.2, 0.25) is 0 Å². The standard InChI is InChI=1S/C17H16Cl2N2O4/c18-11-1-3-16(14(22)9-11)25-15-4-2-12(10-13(15)19)20-17(23)21-5-7-24-8-6-21/h1-4,9-10,22H,5-8H2,(H,20,23). The van der Waals surface area contributed by atoms with E-state index in [1.54, 1.807) is 35.2 Å². The third kappa shape index (κ3) is 4.48. The molecule has 132 valence electrons. The summed E-state index contributed by atoms with van der Waals surface area (Å²) in [6.45, 7) is 2.17. The maximum Gasteiger partial charge on any atom is 0.322 e. The van der Waals surface area contributed by atoms with Crippen molar-refractivity contribution >= 4 is 34.9 Å². The van der Waals surface area contributed by atoms with Crippen LogP contribution >= 0.6 is 23.2 Å². The number of phenols is 1. The summed E-state index contributed by atoms with van der Waals surface area (Å²) < 4.78 is 10.8. The number of nitrogens with one attached hydrogen (secondary N) is 1. The van der Waals surface area contributed by atoms with E-state index in [9.17, 15) is 9.90 Å². The number of benzene rings is 2. The van der Waals surface area contributed by atoms with Gasteiger partial charge in [0.05, 0.1) is 18.2 Å². The Kier molecular flexibility index (Phi) is 5.53. The first-order valence-electron chi connectivity index (χ1n) is 7.62. The number of rotatable bonds is 3. The molecule has 6 nitrogen and oxygen atoms in total. The van der Waals surface area contributed by atoms with Gasteiger partial charge in [0.15, 0.2) is 11.5 Å². The van der Waals surface area contributed by atoms with Crippen LogP contribution in [0, 0.1) is 0 Å². The molecule has 1 fully saturated rings. The molecule has 0 bridgehead atoms. The second-order valence-corrected chi connectivity index (χ2v) is 6.23. The van der Waals surface area contributed by atoms with Gasteiger partial charge in [-0.2, -0.15) is 0 Å². The molecule has 2 aromatic rings. The zero-order chi connectivity index (χ0) is 17.8. The number of aromatic hydroxyl groups is 1. The van der Waals surface area contributed by atoms with Gasteiger partial charge in [-0.1, -0.05) is 23.2 Å². The molecule has 0 aromatic heterocycles. The number of carbonyl (C=O) groups excluding carboxylic acids is 1. The Morgan fingerprint density at radius 1 is 1.12 bits per heavy atom. The maximum absolute atomic E-state index is 12.2. The fourth-order valence-corrected chi connectivity index (χ4v) is 2.71.